The molecule has 1 saturated heterocycles. The lowest BCUT2D eigenvalue weighted by Crippen LogP contribution is -2.39. The van der Waals surface area contributed by atoms with Crippen LogP contribution in [0, 0.1) is 0 Å². The molecule has 1 aliphatic heterocycles. The second-order valence-electron chi connectivity index (χ2n) is 7.30. The Labute approximate surface area is 181 Å². The molecule has 1 aliphatic rings. The Bertz CT molecular complexity index is 764. The maximum atomic E-state index is 11.5. The summed E-state index contributed by atoms with van der Waals surface area (Å²) in [6.07, 6.45) is 3.11. The van der Waals surface area contributed by atoms with Crippen molar-refractivity contribution in [3.05, 3.63) is 29.8 Å². The molecule has 0 saturated carbocycles. The number of likely N-dealkylation sites (tertiary alicyclic amines) is 1. The van der Waals surface area contributed by atoms with Crippen LogP contribution in [0.5, 0.6) is 5.75 Å². The molecule has 1 aromatic carbocycles. The summed E-state index contributed by atoms with van der Waals surface area (Å²) in [5, 5.41) is 6.58. The molecule has 1 unspecified atom stereocenters. The minimum atomic E-state index is -3.14. The molecule has 0 amide bonds. The normalized spacial score (nSPS) is 16.4. The van der Waals surface area contributed by atoms with Gasteiger partial charge in [0.25, 0.3) is 0 Å². The molecule has 1 fully saturated rings. The van der Waals surface area contributed by atoms with Gasteiger partial charge in [-0.05, 0) is 52.3 Å². The number of hydrogen-bond acceptors (Lipinski definition) is 5. The highest BCUT2D eigenvalue weighted by molar-refractivity contribution is 7.89. The first-order valence-corrected chi connectivity index (χ1v) is 12.5. The maximum absolute atomic E-state index is 11.5. The molecule has 3 N–H and O–H groups in total. The number of sulfonamides is 1. The van der Waals surface area contributed by atoms with Crippen molar-refractivity contribution in [2.24, 2.45) is 4.99 Å². The summed E-state index contributed by atoms with van der Waals surface area (Å²) in [5.41, 5.74) is 1.16. The van der Waals surface area contributed by atoms with Gasteiger partial charge in [-0.1, -0.05) is 18.2 Å². The molecule has 0 spiro atoms. The lowest BCUT2D eigenvalue weighted by atomic mass is 10.0. The molecular formula is C21H37N5O3S. The van der Waals surface area contributed by atoms with Crippen LogP contribution in [0.15, 0.2) is 29.3 Å². The number of ether oxygens (including phenoxy) is 1. The summed E-state index contributed by atoms with van der Waals surface area (Å²) in [4.78, 5) is 7.31. The molecule has 0 aromatic heterocycles. The minimum Gasteiger partial charge on any atom is -0.496 e. The van der Waals surface area contributed by atoms with E-state index in [9.17, 15) is 8.42 Å². The number of aliphatic imine (C=N–C) groups is 1. The van der Waals surface area contributed by atoms with Gasteiger partial charge in [0, 0.05) is 25.2 Å². The van der Waals surface area contributed by atoms with E-state index in [0.29, 0.717) is 26.1 Å². The largest absolute Gasteiger partial charge is 0.496 e. The molecule has 2 rings (SSSR count). The third-order valence-electron chi connectivity index (χ3n) is 5.19. The van der Waals surface area contributed by atoms with Gasteiger partial charge in [0.15, 0.2) is 5.96 Å². The molecular weight excluding hydrogens is 402 g/mol. The van der Waals surface area contributed by atoms with E-state index in [1.54, 1.807) is 14.0 Å². The van der Waals surface area contributed by atoms with Gasteiger partial charge in [-0.3, -0.25) is 9.89 Å². The summed E-state index contributed by atoms with van der Waals surface area (Å²) in [6, 6.07) is 8.33. The molecule has 30 heavy (non-hydrogen) atoms. The fourth-order valence-corrected chi connectivity index (χ4v) is 4.21. The van der Waals surface area contributed by atoms with Gasteiger partial charge in [0.05, 0.1) is 25.4 Å². The first-order valence-electron chi connectivity index (χ1n) is 10.9. The number of methoxy groups -OCH3 is 1. The van der Waals surface area contributed by atoms with Crippen LogP contribution < -0.4 is 20.1 Å². The van der Waals surface area contributed by atoms with E-state index in [1.165, 1.54) is 12.8 Å². The third kappa shape index (κ3) is 7.77. The number of rotatable bonds is 12. The van der Waals surface area contributed by atoms with E-state index in [1.807, 2.05) is 25.1 Å². The van der Waals surface area contributed by atoms with Crippen LogP contribution in [-0.4, -0.2) is 71.4 Å². The molecule has 8 nitrogen and oxygen atoms in total. The van der Waals surface area contributed by atoms with Gasteiger partial charge in [-0.2, -0.15) is 0 Å². The molecule has 1 aromatic rings. The van der Waals surface area contributed by atoms with Crippen LogP contribution in [-0.2, 0) is 10.0 Å². The zero-order valence-electron chi connectivity index (χ0n) is 18.5. The highest BCUT2D eigenvalue weighted by Crippen LogP contribution is 2.31. The van der Waals surface area contributed by atoms with E-state index >= 15 is 0 Å². The van der Waals surface area contributed by atoms with Crippen molar-refractivity contribution < 1.29 is 13.2 Å². The number of nitrogens with one attached hydrogen (secondary N) is 3. The van der Waals surface area contributed by atoms with Gasteiger partial charge in [0.2, 0.25) is 10.0 Å². The van der Waals surface area contributed by atoms with Gasteiger partial charge in [0.1, 0.15) is 5.75 Å². The molecule has 1 heterocycles. The minimum absolute atomic E-state index is 0.103. The SMILES string of the molecule is CCNC(=NCC(c1ccccc1OC)N1CCCC1)NCCCNS(=O)(=O)CC. The van der Waals surface area contributed by atoms with Crippen LogP contribution in [0.2, 0.25) is 0 Å². The van der Waals surface area contributed by atoms with Gasteiger partial charge in [-0.25, -0.2) is 13.1 Å². The summed E-state index contributed by atoms with van der Waals surface area (Å²) < 4.78 is 31.2. The third-order valence-corrected chi connectivity index (χ3v) is 6.60. The van der Waals surface area contributed by atoms with Crippen LogP contribution in [0.1, 0.15) is 44.7 Å². The van der Waals surface area contributed by atoms with Crippen LogP contribution >= 0.6 is 0 Å². The molecule has 0 aliphatic carbocycles. The fraction of sp³-hybridized carbons (Fsp3) is 0.667. The number of benzene rings is 1. The van der Waals surface area contributed by atoms with Crippen molar-refractivity contribution in [1.82, 2.24) is 20.3 Å². The first-order chi connectivity index (χ1) is 14.5. The van der Waals surface area contributed by atoms with E-state index in [0.717, 1.165) is 36.9 Å². The van der Waals surface area contributed by atoms with Gasteiger partial charge >= 0.3 is 0 Å². The van der Waals surface area contributed by atoms with Crippen LogP contribution in [0.4, 0.5) is 0 Å². The van der Waals surface area contributed by atoms with Crippen LogP contribution in [0.3, 0.4) is 0 Å². The van der Waals surface area contributed by atoms with Crippen molar-refractivity contribution in [1.29, 1.82) is 0 Å². The fourth-order valence-electron chi connectivity index (χ4n) is 3.55. The number of nitrogens with zero attached hydrogens (tertiary/aromatic N) is 2. The quantitative estimate of drug-likeness (QED) is 0.261. The van der Waals surface area contributed by atoms with Gasteiger partial charge in [-0.15, -0.1) is 0 Å². The van der Waals surface area contributed by atoms with Crippen molar-refractivity contribution in [2.75, 3.05) is 52.1 Å². The van der Waals surface area contributed by atoms with Crippen LogP contribution in [0.25, 0.3) is 0 Å². The lowest BCUT2D eigenvalue weighted by Gasteiger charge is -2.28. The Morgan fingerprint density at radius 1 is 1.17 bits per heavy atom. The summed E-state index contributed by atoms with van der Waals surface area (Å²) >= 11 is 0. The standard InChI is InChI=1S/C21H37N5O3S/c1-4-22-21(23-13-10-14-25-30(27,28)5-2)24-17-19(26-15-8-9-16-26)18-11-6-7-12-20(18)29-3/h6-7,11-12,19,25H,4-5,8-10,13-17H2,1-3H3,(H2,22,23,24). The van der Waals surface area contributed by atoms with Crippen molar-refractivity contribution >= 4 is 16.0 Å². The summed E-state index contributed by atoms with van der Waals surface area (Å²) in [5.74, 6) is 1.74. The Hall–Kier alpha value is -1.84. The number of para-hydroxylation sites is 1. The molecule has 1 atom stereocenters. The van der Waals surface area contributed by atoms with E-state index in [-0.39, 0.29) is 11.8 Å². The second-order valence-corrected chi connectivity index (χ2v) is 9.39. The van der Waals surface area contributed by atoms with Gasteiger partial charge < -0.3 is 15.4 Å². The average Bonchev–Trinajstić information content (AvgIpc) is 3.28. The topological polar surface area (TPSA) is 95.1 Å². The Kier molecular flexibility index (Phi) is 10.4. The maximum Gasteiger partial charge on any atom is 0.211 e. The van der Waals surface area contributed by atoms with E-state index < -0.39 is 10.0 Å². The number of guanidine groups is 1. The smallest absolute Gasteiger partial charge is 0.211 e. The first kappa shape index (κ1) is 24.4. The Morgan fingerprint density at radius 3 is 2.57 bits per heavy atom. The number of hydrogen-bond donors (Lipinski definition) is 3. The molecule has 0 radical (unpaired) electrons. The van der Waals surface area contributed by atoms with E-state index in [2.05, 4.69) is 26.3 Å². The monoisotopic (exact) mass is 439 g/mol. The molecule has 9 heteroatoms. The predicted molar refractivity (Wildman–Crippen MR) is 123 cm³/mol. The van der Waals surface area contributed by atoms with E-state index in [4.69, 9.17) is 9.73 Å². The average molecular weight is 440 g/mol. The molecule has 0 bridgehead atoms. The zero-order chi connectivity index (χ0) is 21.8. The Balaban J connectivity index is 2.01. The van der Waals surface area contributed by atoms with Crippen molar-refractivity contribution in [2.45, 2.75) is 39.2 Å². The molecule has 170 valence electrons. The van der Waals surface area contributed by atoms with Crippen molar-refractivity contribution in [3.8, 4) is 5.75 Å². The lowest BCUT2D eigenvalue weighted by molar-refractivity contribution is 0.245. The zero-order valence-corrected chi connectivity index (χ0v) is 19.3. The summed E-state index contributed by atoms with van der Waals surface area (Å²) in [6.45, 7) is 8.25. The van der Waals surface area contributed by atoms with Crippen molar-refractivity contribution in [3.63, 3.8) is 0 Å². The Morgan fingerprint density at radius 2 is 1.90 bits per heavy atom. The summed E-state index contributed by atoms with van der Waals surface area (Å²) in [7, 11) is -1.43. The second kappa shape index (κ2) is 12.8. The predicted octanol–water partition coefficient (Wildman–Crippen LogP) is 1.72. The highest BCUT2D eigenvalue weighted by Gasteiger charge is 2.25. The highest BCUT2D eigenvalue weighted by atomic mass is 32.2.